The fourth-order valence-electron chi connectivity index (χ4n) is 2.34. The summed E-state index contributed by atoms with van der Waals surface area (Å²) in [5, 5.41) is 2.99. The van der Waals surface area contributed by atoms with Crippen molar-refractivity contribution in [3.05, 3.63) is 70.2 Å². The number of carbonyl (C=O) groups excluding carboxylic acids is 1. The average Bonchev–Trinajstić information content (AvgIpc) is 2.50. The van der Waals surface area contributed by atoms with Crippen LogP contribution in [0.2, 0.25) is 0 Å². The fourth-order valence-corrected chi connectivity index (χ4v) is 2.60. The van der Waals surface area contributed by atoms with Crippen molar-refractivity contribution in [3.8, 4) is 0 Å². The van der Waals surface area contributed by atoms with E-state index in [-0.39, 0.29) is 24.4 Å². The number of halogens is 2. The van der Waals surface area contributed by atoms with E-state index < -0.39 is 6.04 Å². The highest BCUT2D eigenvalue weighted by atomic mass is 79.9. The van der Waals surface area contributed by atoms with Gasteiger partial charge in [0.25, 0.3) is 0 Å². The lowest BCUT2D eigenvalue weighted by atomic mass is 10.0. The minimum Gasteiger partial charge on any atom is -0.352 e. The molecule has 3 nitrogen and oxygen atoms in total. The summed E-state index contributed by atoms with van der Waals surface area (Å²) in [6, 6.07) is 17.5. The summed E-state index contributed by atoms with van der Waals surface area (Å²) in [6.07, 6.45) is 1.34. The number of hydrogen-bond acceptors (Lipinski definition) is 2. The molecule has 2 rings (SSSR count). The van der Waals surface area contributed by atoms with Gasteiger partial charge in [-0.05, 0) is 43.0 Å². The zero-order valence-electron chi connectivity index (χ0n) is 13.0. The summed E-state index contributed by atoms with van der Waals surface area (Å²) < 4.78 is 1.05. The third-order valence-electron chi connectivity index (χ3n) is 3.48. The number of rotatable bonds is 6. The second kappa shape index (κ2) is 9.71. The Morgan fingerprint density at radius 3 is 2.22 bits per heavy atom. The third kappa shape index (κ3) is 6.73. The van der Waals surface area contributed by atoms with Gasteiger partial charge in [0.1, 0.15) is 0 Å². The van der Waals surface area contributed by atoms with Crippen LogP contribution in [0.25, 0.3) is 0 Å². The molecule has 0 fully saturated rings. The van der Waals surface area contributed by atoms with Gasteiger partial charge in [-0.25, -0.2) is 0 Å². The second-order valence-corrected chi connectivity index (χ2v) is 6.45. The SMILES string of the molecule is CC(Cc1ccc(Br)cc1)NC(=O)C(N)Cc1ccccc1.Cl. The Labute approximate surface area is 152 Å². The molecule has 0 aliphatic heterocycles. The van der Waals surface area contributed by atoms with Crippen LogP contribution in [-0.4, -0.2) is 18.0 Å². The van der Waals surface area contributed by atoms with Gasteiger partial charge in [-0.2, -0.15) is 0 Å². The van der Waals surface area contributed by atoms with E-state index in [0.717, 1.165) is 16.5 Å². The first-order chi connectivity index (χ1) is 10.5. The molecule has 0 spiro atoms. The maximum Gasteiger partial charge on any atom is 0.237 e. The Morgan fingerprint density at radius 2 is 1.61 bits per heavy atom. The fraction of sp³-hybridized carbons (Fsp3) is 0.278. The highest BCUT2D eigenvalue weighted by molar-refractivity contribution is 9.10. The molecule has 0 aliphatic carbocycles. The molecule has 2 aromatic rings. The summed E-state index contributed by atoms with van der Waals surface area (Å²) in [7, 11) is 0. The molecular weight excluding hydrogens is 376 g/mol. The predicted octanol–water partition coefficient (Wildman–Crippen LogP) is 3.49. The Balaban J connectivity index is 0.00000264. The van der Waals surface area contributed by atoms with Crippen molar-refractivity contribution in [3.63, 3.8) is 0 Å². The Kier molecular flexibility index (Phi) is 8.31. The van der Waals surface area contributed by atoms with Crippen LogP contribution < -0.4 is 11.1 Å². The highest BCUT2D eigenvalue weighted by Gasteiger charge is 2.16. The summed E-state index contributed by atoms with van der Waals surface area (Å²) in [6.45, 7) is 2.00. The average molecular weight is 398 g/mol. The van der Waals surface area contributed by atoms with Crippen LogP contribution in [-0.2, 0) is 17.6 Å². The largest absolute Gasteiger partial charge is 0.352 e. The number of benzene rings is 2. The van der Waals surface area contributed by atoms with Crippen LogP contribution in [0, 0.1) is 0 Å². The van der Waals surface area contributed by atoms with Crippen LogP contribution in [0.3, 0.4) is 0 Å². The molecule has 3 N–H and O–H groups in total. The first-order valence-corrected chi connectivity index (χ1v) is 8.18. The van der Waals surface area contributed by atoms with Crippen LogP contribution in [0.5, 0.6) is 0 Å². The van der Waals surface area contributed by atoms with Crippen molar-refractivity contribution in [2.24, 2.45) is 5.73 Å². The minimum atomic E-state index is -0.519. The molecule has 2 aromatic carbocycles. The monoisotopic (exact) mass is 396 g/mol. The highest BCUT2D eigenvalue weighted by Crippen LogP contribution is 2.12. The number of carbonyl (C=O) groups is 1. The van der Waals surface area contributed by atoms with E-state index >= 15 is 0 Å². The molecule has 23 heavy (non-hydrogen) atoms. The zero-order chi connectivity index (χ0) is 15.9. The lowest BCUT2D eigenvalue weighted by molar-refractivity contribution is -0.122. The number of nitrogens with one attached hydrogen (secondary N) is 1. The van der Waals surface area contributed by atoms with Gasteiger partial charge in [0.2, 0.25) is 5.91 Å². The van der Waals surface area contributed by atoms with E-state index in [1.807, 2.05) is 49.4 Å². The number of hydrogen-bond donors (Lipinski definition) is 2. The van der Waals surface area contributed by atoms with Gasteiger partial charge >= 0.3 is 0 Å². The van der Waals surface area contributed by atoms with Gasteiger partial charge in [-0.1, -0.05) is 58.4 Å². The van der Waals surface area contributed by atoms with Crippen LogP contribution in [0.4, 0.5) is 0 Å². The molecule has 0 heterocycles. The molecule has 0 aromatic heterocycles. The van der Waals surface area contributed by atoms with E-state index in [4.69, 9.17) is 5.73 Å². The van der Waals surface area contributed by atoms with E-state index in [1.54, 1.807) is 0 Å². The quantitative estimate of drug-likeness (QED) is 0.784. The molecule has 124 valence electrons. The molecule has 2 unspecified atom stereocenters. The maximum absolute atomic E-state index is 12.2. The summed E-state index contributed by atoms with van der Waals surface area (Å²) in [5.74, 6) is -0.103. The molecular formula is C18H22BrClN2O. The summed E-state index contributed by atoms with van der Waals surface area (Å²) in [4.78, 5) is 12.2. The van der Waals surface area contributed by atoms with E-state index in [0.29, 0.717) is 6.42 Å². The maximum atomic E-state index is 12.2. The first-order valence-electron chi connectivity index (χ1n) is 7.39. The molecule has 0 aliphatic rings. The van der Waals surface area contributed by atoms with Gasteiger partial charge in [0.15, 0.2) is 0 Å². The topological polar surface area (TPSA) is 55.1 Å². The second-order valence-electron chi connectivity index (χ2n) is 5.54. The number of amides is 1. The van der Waals surface area contributed by atoms with Crippen molar-refractivity contribution >= 4 is 34.2 Å². The van der Waals surface area contributed by atoms with Crippen molar-refractivity contribution in [2.75, 3.05) is 0 Å². The minimum absolute atomic E-state index is 0. The van der Waals surface area contributed by atoms with Crippen molar-refractivity contribution in [1.82, 2.24) is 5.32 Å². The smallest absolute Gasteiger partial charge is 0.237 e. The predicted molar refractivity (Wildman–Crippen MR) is 101 cm³/mol. The zero-order valence-corrected chi connectivity index (χ0v) is 15.4. The van der Waals surface area contributed by atoms with Crippen LogP contribution in [0.15, 0.2) is 59.1 Å². The Morgan fingerprint density at radius 1 is 1.04 bits per heavy atom. The first kappa shape index (κ1) is 19.7. The van der Waals surface area contributed by atoms with Gasteiger partial charge in [-0.15, -0.1) is 12.4 Å². The molecule has 0 saturated carbocycles. The van der Waals surface area contributed by atoms with Crippen molar-refractivity contribution < 1.29 is 4.79 Å². The molecule has 0 saturated heterocycles. The summed E-state index contributed by atoms with van der Waals surface area (Å²) >= 11 is 3.42. The van der Waals surface area contributed by atoms with Gasteiger partial charge in [0, 0.05) is 10.5 Å². The van der Waals surface area contributed by atoms with E-state index in [2.05, 4.69) is 33.4 Å². The molecule has 2 atom stereocenters. The van der Waals surface area contributed by atoms with Crippen LogP contribution in [0.1, 0.15) is 18.1 Å². The Bertz CT molecular complexity index is 604. The van der Waals surface area contributed by atoms with Gasteiger partial charge < -0.3 is 11.1 Å². The normalized spacial score (nSPS) is 12.8. The van der Waals surface area contributed by atoms with Crippen LogP contribution >= 0.6 is 28.3 Å². The van der Waals surface area contributed by atoms with Gasteiger partial charge in [-0.3, -0.25) is 4.79 Å². The molecule has 0 radical (unpaired) electrons. The molecule has 5 heteroatoms. The Hall–Kier alpha value is -1.36. The van der Waals surface area contributed by atoms with E-state index in [9.17, 15) is 4.79 Å². The summed E-state index contributed by atoms with van der Waals surface area (Å²) in [5.41, 5.74) is 8.25. The third-order valence-corrected chi connectivity index (χ3v) is 4.01. The molecule has 1 amide bonds. The van der Waals surface area contributed by atoms with E-state index in [1.165, 1.54) is 5.56 Å². The lowest BCUT2D eigenvalue weighted by Gasteiger charge is -2.18. The van der Waals surface area contributed by atoms with Gasteiger partial charge in [0.05, 0.1) is 6.04 Å². The lowest BCUT2D eigenvalue weighted by Crippen LogP contribution is -2.46. The standard InChI is InChI=1S/C18H21BrN2O.ClH/c1-13(11-15-7-9-16(19)10-8-15)21-18(22)17(20)12-14-5-3-2-4-6-14;/h2-10,13,17H,11-12,20H2,1H3,(H,21,22);1H. The van der Waals surface area contributed by atoms with Crippen molar-refractivity contribution in [1.29, 1.82) is 0 Å². The molecule has 0 bridgehead atoms. The van der Waals surface area contributed by atoms with Crippen molar-refractivity contribution in [2.45, 2.75) is 31.8 Å². The number of nitrogens with two attached hydrogens (primary N) is 1.